The van der Waals surface area contributed by atoms with Crippen LogP contribution in [-0.2, 0) is 4.79 Å². The van der Waals surface area contributed by atoms with Gasteiger partial charge in [-0.3, -0.25) is 4.79 Å². The lowest BCUT2D eigenvalue weighted by Crippen LogP contribution is -3.11. The first-order valence-corrected chi connectivity index (χ1v) is 9.03. The van der Waals surface area contributed by atoms with Gasteiger partial charge in [0.05, 0.1) is 26.3 Å². The lowest BCUT2D eigenvalue weighted by Gasteiger charge is -2.23. The van der Waals surface area contributed by atoms with Crippen molar-refractivity contribution in [3.63, 3.8) is 0 Å². The Hall–Kier alpha value is -2.53. The highest BCUT2D eigenvalue weighted by Gasteiger charge is 2.33. The second-order valence-corrected chi connectivity index (χ2v) is 6.80. The lowest BCUT2D eigenvalue weighted by atomic mass is 10.0. The second-order valence-electron chi connectivity index (χ2n) is 6.80. The van der Waals surface area contributed by atoms with Crippen molar-refractivity contribution < 1.29 is 19.2 Å². The molecule has 1 heterocycles. The molecule has 0 radical (unpaired) electrons. The van der Waals surface area contributed by atoms with Gasteiger partial charge in [0.2, 0.25) is 0 Å². The maximum Gasteiger partial charge on any atom is 0.279 e. The number of rotatable bonds is 6. The molecule has 0 spiro atoms. The summed E-state index contributed by atoms with van der Waals surface area (Å²) in [6, 6.07) is 14.0. The molecule has 0 saturated carbocycles. The molecule has 0 aliphatic carbocycles. The Morgan fingerprint density at radius 3 is 2.62 bits per heavy atom. The average Bonchev–Trinajstić information content (AvgIpc) is 3.10. The van der Waals surface area contributed by atoms with E-state index < -0.39 is 0 Å². The highest BCUT2D eigenvalue weighted by molar-refractivity contribution is 5.91. The molecule has 1 saturated heterocycles. The van der Waals surface area contributed by atoms with E-state index in [4.69, 9.17) is 9.47 Å². The number of likely N-dealkylation sites (tertiary alicyclic amines) is 1. The van der Waals surface area contributed by atoms with Crippen molar-refractivity contribution in [1.82, 2.24) is 0 Å². The first-order chi connectivity index (χ1) is 12.6. The molecule has 3 rings (SSSR count). The maximum atomic E-state index is 12.5. The van der Waals surface area contributed by atoms with Gasteiger partial charge in [-0.2, -0.15) is 0 Å². The number of amides is 1. The van der Waals surface area contributed by atoms with Crippen molar-refractivity contribution in [2.24, 2.45) is 0 Å². The van der Waals surface area contributed by atoms with Crippen LogP contribution in [0.25, 0.3) is 0 Å². The zero-order chi connectivity index (χ0) is 18.5. The summed E-state index contributed by atoms with van der Waals surface area (Å²) >= 11 is 0. The molecule has 2 atom stereocenters. The van der Waals surface area contributed by atoms with Crippen LogP contribution in [-0.4, -0.2) is 33.2 Å². The van der Waals surface area contributed by atoms with E-state index >= 15 is 0 Å². The number of nitrogens with one attached hydrogen (secondary N) is 2. The quantitative estimate of drug-likeness (QED) is 0.836. The van der Waals surface area contributed by atoms with Crippen molar-refractivity contribution in [3.05, 3.63) is 53.6 Å². The molecule has 5 nitrogen and oxygen atoms in total. The Bertz CT molecular complexity index is 758. The monoisotopic (exact) mass is 355 g/mol. The lowest BCUT2D eigenvalue weighted by molar-refractivity contribution is -0.910. The molecule has 2 aromatic carbocycles. The van der Waals surface area contributed by atoms with E-state index in [0.717, 1.165) is 42.1 Å². The van der Waals surface area contributed by atoms with Gasteiger partial charge in [-0.15, -0.1) is 0 Å². The molecule has 26 heavy (non-hydrogen) atoms. The minimum absolute atomic E-state index is 0.0395. The van der Waals surface area contributed by atoms with E-state index in [9.17, 15) is 4.79 Å². The Balaban J connectivity index is 1.72. The molecule has 138 valence electrons. The largest absolute Gasteiger partial charge is 0.497 e. The Labute approximate surface area is 154 Å². The van der Waals surface area contributed by atoms with Gasteiger partial charge >= 0.3 is 0 Å². The smallest absolute Gasteiger partial charge is 0.279 e. The van der Waals surface area contributed by atoms with E-state index in [2.05, 4.69) is 5.32 Å². The maximum absolute atomic E-state index is 12.5. The molecule has 1 unspecified atom stereocenters. The number of anilines is 1. The van der Waals surface area contributed by atoms with Gasteiger partial charge < -0.3 is 19.7 Å². The van der Waals surface area contributed by atoms with Crippen LogP contribution in [0.5, 0.6) is 11.5 Å². The minimum atomic E-state index is 0.0395. The number of carbonyl (C=O) groups is 1. The molecule has 2 aromatic rings. The molecule has 0 aromatic heterocycles. The summed E-state index contributed by atoms with van der Waals surface area (Å²) in [6.07, 6.45) is 2.13. The van der Waals surface area contributed by atoms with Crippen molar-refractivity contribution in [2.75, 3.05) is 32.6 Å². The van der Waals surface area contributed by atoms with E-state index in [-0.39, 0.29) is 11.9 Å². The first-order valence-electron chi connectivity index (χ1n) is 9.03. The van der Waals surface area contributed by atoms with Gasteiger partial charge in [-0.25, -0.2) is 0 Å². The Morgan fingerprint density at radius 2 is 1.92 bits per heavy atom. The van der Waals surface area contributed by atoms with E-state index in [1.165, 1.54) is 10.5 Å². The number of hydrogen-bond donors (Lipinski definition) is 2. The van der Waals surface area contributed by atoms with Gasteiger partial charge in [-0.05, 0) is 37.3 Å². The Morgan fingerprint density at radius 1 is 1.15 bits per heavy atom. The molecule has 0 bridgehead atoms. The summed E-state index contributed by atoms with van der Waals surface area (Å²) in [7, 11) is 3.35. The number of ether oxygens (including phenoxy) is 2. The summed E-state index contributed by atoms with van der Waals surface area (Å²) in [5.41, 5.74) is 3.13. The van der Waals surface area contributed by atoms with Crippen LogP contribution in [0.3, 0.4) is 0 Å². The fourth-order valence-electron chi connectivity index (χ4n) is 3.66. The Kier molecular flexibility index (Phi) is 5.78. The van der Waals surface area contributed by atoms with Crippen molar-refractivity contribution in [1.29, 1.82) is 0 Å². The van der Waals surface area contributed by atoms with Crippen molar-refractivity contribution in [2.45, 2.75) is 25.8 Å². The van der Waals surface area contributed by atoms with E-state index in [0.29, 0.717) is 6.54 Å². The molecule has 1 amide bonds. The summed E-state index contributed by atoms with van der Waals surface area (Å²) in [4.78, 5) is 13.8. The average molecular weight is 355 g/mol. The van der Waals surface area contributed by atoms with Crippen LogP contribution in [0.15, 0.2) is 42.5 Å². The molecule has 1 aliphatic rings. The third-order valence-electron chi connectivity index (χ3n) is 5.02. The van der Waals surface area contributed by atoms with Crippen LogP contribution in [0.1, 0.15) is 30.0 Å². The normalized spacial score (nSPS) is 19.2. The molecule has 2 N–H and O–H groups in total. The fourth-order valence-corrected chi connectivity index (χ4v) is 3.66. The zero-order valence-electron chi connectivity index (χ0n) is 15.7. The van der Waals surface area contributed by atoms with Gasteiger partial charge in [0.15, 0.2) is 6.54 Å². The van der Waals surface area contributed by atoms with Gasteiger partial charge in [0.25, 0.3) is 5.91 Å². The second kappa shape index (κ2) is 8.23. The molecular formula is C21H27N2O3+. The summed E-state index contributed by atoms with van der Waals surface area (Å²) in [6.45, 7) is 3.46. The van der Waals surface area contributed by atoms with Crippen LogP contribution < -0.4 is 19.7 Å². The predicted octanol–water partition coefficient (Wildman–Crippen LogP) is 2.37. The summed E-state index contributed by atoms with van der Waals surface area (Å²) in [5.74, 6) is 1.71. The van der Waals surface area contributed by atoms with E-state index in [1.807, 2.05) is 49.4 Å². The van der Waals surface area contributed by atoms with Crippen LogP contribution in [0.4, 0.5) is 5.69 Å². The SMILES string of the molecule is COc1ccc(OC)c([C@H]2CCC[NH+]2CC(=O)Nc2ccc(C)cc2)c1. The van der Waals surface area contributed by atoms with Crippen molar-refractivity contribution in [3.8, 4) is 11.5 Å². The zero-order valence-corrected chi connectivity index (χ0v) is 15.7. The number of benzene rings is 2. The number of carbonyl (C=O) groups excluding carboxylic acids is 1. The van der Waals surface area contributed by atoms with Crippen LogP contribution in [0.2, 0.25) is 0 Å². The van der Waals surface area contributed by atoms with Gasteiger partial charge in [-0.1, -0.05) is 17.7 Å². The number of quaternary nitrogens is 1. The fraction of sp³-hybridized carbons (Fsp3) is 0.381. The number of methoxy groups -OCH3 is 2. The first kappa shape index (κ1) is 18.3. The third-order valence-corrected chi connectivity index (χ3v) is 5.02. The van der Waals surface area contributed by atoms with Gasteiger partial charge in [0, 0.05) is 18.5 Å². The minimum Gasteiger partial charge on any atom is -0.497 e. The van der Waals surface area contributed by atoms with Crippen LogP contribution in [0, 0.1) is 6.92 Å². The topological polar surface area (TPSA) is 52.0 Å². The third kappa shape index (κ3) is 4.17. The summed E-state index contributed by atoms with van der Waals surface area (Å²) < 4.78 is 10.9. The highest BCUT2D eigenvalue weighted by atomic mass is 16.5. The summed E-state index contributed by atoms with van der Waals surface area (Å²) in [5, 5.41) is 3.00. The molecular weight excluding hydrogens is 328 g/mol. The molecule has 1 aliphatic heterocycles. The molecule has 1 fully saturated rings. The number of hydrogen-bond acceptors (Lipinski definition) is 3. The van der Waals surface area contributed by atoms with E-state index in [1.54, 1.807) is 14.2 Å². The van der Waals surface area contributed by atoms with Gasteiger partial charge in [0.1, 0.15) is 17.5 Å². The molecule has 5 heteroatoms. The predicted molar refractivity (Wildman–Crippen MR) is 102 cm³/mol. The van der Waals surface area contributed by atoms with Crippen LogP contribution >= 0.6 is 0 Å². The van der Waals surface area contributed by atoms with Crippen molar-refractivity contribution >= 4 is 11.6 Å². The standard InChI is InChI=1S/C21H26N2O3/c1-15-6-8-16(9-7-15)22-21(24)14-23-12-4-5-19(23)18-13-17(25-2)10-11-20(18)26-3/h6-11,13,19H,4-5,12,14H2,1-3H3,(H,22,24)/p+1/t19-/m1/s1. The highest BCUT2D eigenvalue weighted by Crippen LogP contribution is 2.31. The number of aryl methyl sites for hydroxylation is 1.